The number of rotatable bonds is 3. The number of guanidine groups is 1. The highest BCUT2D eigenvalue weighted by Gasteiger charge is 2.32. The van der Waals surface area contributed by atoms with Gasteiger partial charge < -0.3 is 11.1 Å². The maximum Gasteiger partial charge on any atom is 0.189 e. The van der Waals surface area contributed by atoms with E-state index in [2.05, 4.69) is 37.3 Å². The molecule has 1 aliphatic carbocycles. The van der Waals surface area contributed by atoms with Crippen LogP contribution in [0.15, 0.2) is 4.99 Å². The predicted molar refractivity (Wildman–Crippen MR) is 74.1 cm³/mol. The summed E-state index contributed by atoms with van der Waals surface area (Å²) in [5, 5.41) is 3.20. The van der Waals surface area contributed by atoms with Crippen molar-refractivity contribution in [3.05, 3.63) is 0 Å². The summed E-state index contributed by atoms with van der Waals surface area (Å²) < 4.78 is 0.351. The first-order valence-corrected chi connectivity index (χ1v) is 7.23. The molecule has 1 aliphatic rings. The first-order valence-electron chi connectivity index (χ1n) is 6.00. The summed E-state index contributed by atoms with van der Waals surface area (Å²) in [6, 6.07) is 0. The van der Waals surface area contributed by atoms with Gasteiger partial charge in [0.05, 0.1) is 6.54 Å². The quantitative estimate of drug-likeness (QED) is 0.591. The average Bonchev–Trinajstić information content (AvgIpc) is 2.61. The van der Waals surface area contributed by atoms with Crippen LogP contribution in [0.25, 0.3) is 0 Å². The molecule has 0 aliphatic heterocycles. The smallest absolute Gasteiger partial charge is 0.189 e. The van der Waals surface area contributed by atoms with E-state index >= 15 is 0 Å². The van der Waals surface area contributed by atoms with E-state index in [1.807, 2.05) is 11.8 Å². The van der Waals surface area contributed by atoms with Gasteiger partial charge in [-0.05, 0) is 39.9 Å². The van der Waals surface area contributed by atoms with Gasteiger partial charge in [-0.1, -0.05) is 12.8 Å². The molecular formula is C12H25N3S. The summed E-state index contributed by atoms with van der Waals surface area (Å²) >= 11 is 1.95. The van der Waals surface area contributed by atoms with Gasteiger partial charge in [0.2, 0.25) is 0 Å². The molecule has 0 bridgehead atoms. The van der Waals surface area contributed by atoms with Crippen molar-refractivity contribution in [1.82, 2.24) is 5.32 Å². The van der Waals surface area contributed by atoms with Crippen molar-refractivity contribution < 1.29 is 0 Å². The fourth-order valence-electron chi connectivity index (χ4n) is 2.10. The molecule has 4 heteroatoms. The first-order chi connectivity index (χ1) is 7.37. The zero-order valence-electron chi connectivity index (χ0n) is 11.0. The molecular weight excluding hydrogens is 218 g/mol. The number of nitrogens with zero attached hydrogens (tertiary/aromatic N) is 1. The number of thioether (sulfide) groups is 1. The molecule has 0 aromatic rings. The van der Waals surface area contributed by atoms with Gasteiger partial charge in [0.25, 0.3) is 0 Å². The Balaban J connectivity index is 2.50. The van der Waals surface area contributed by atoms with Crippen molar-refractivity contribution in [2.75, 3.05) is 12.8 Å². The van der Waals surface area contributed by atoms with Crippen LogP contribution in [-0.4, -0.2) is 29.0 Å². The fourth-order valence-corrected chi connectivity index (χ4v) is 2.99. The summed E-state index contributed by atoms with van der Waals surface area (Å²) in [5.74, 6) is 0.577. The molecule has 1 saturated carbocycles. The monoisotopic (exact) mass is 243 g/mol. The summed E-state index contributed by atoms with van der Waals surface area (Å²) in [6.07, 6.45) is 7.42. The molecule has 0 aromatic heterocycles. The highest BCUT2D eigenvalue weighted by Crippen LogP contribution is 2.40. The van der Waals surface area contributed by atoms with E-state index in [0.717, 1.165) is 6.54 Å². The van der Waals surface area contributed by atoms with Gasteiger partial charge in [0, 0.05) is 10.3 Å². The topological polar surface area (TPSA) is 50.4 Å². The Morgan fingerprint density at radius 3 is 2.38 bits per heavy atom. The van der Waals surface area contributed by atoms with E-state index in [1.165, 1.54) is 25.7 Å². The predicted octanol–water partition coefficient (Wildman–Crippen LogP) is 2.37. The largest absolute Gasteiger partial charge is 0.370 e. The first kappa shape index (κ1) is 13.7. The highest BCUT2D eigenvalue weighted by atomic mass is 32.2. The Hall–Kier alpha value is -0.380. The molecule has 0 radical (unpaired) electrons. The van der Waals surface area contributed by atoms with E-state index in [4.69, 9.17) is 5.73 Å². The maximum absolute atomic E-state index is 5.88. The van der Waals surface area contributed by atoms with Gasteiger partial charge in [-0.25, -0.2) is 0 Å². The lowest BCUT2D eigenvalue weighted by molar-refractivity contribution is 0.506. The number of nitrogens with two attached hydrogens (primary N) is 1. The molecule has 0 heterocycles. The van der Waals surface area contributed by atoms with E-state index < -0.39 is 0 Å². The van der Waals surface area contributed by atoms with Crippen molar-refractivity contribution in [3.63, 3.8) is 0 Å². The van der Waals surface area contributed by atoms with Crippen molar-refractivity contribution in [2.45, 2.75) is 56.7 Å². The van der Waals surface area contributed by atoms with Gasteiger partial charge in [-0.2, -0.15) is 11.8 Å². The Bertz CT molecular complexity index is 249. The average molecular weight is 243 g/mol. The normalized spacial score (nSPS) is 21.1. The molecule has 0 amide bonds. The van der Waals surface area contributed by atoms with Crippen LogP contribution in [0.4, 0.5) is 0 Å². The van der Waals surface area contributed by atoms with Crippen molar-refractivity contribution >= 4 is 17.7 Å². The Morgan fingerprint density at radius 2 is 1.94 bits per heavy atom. The van der Waals surface area contributed by atoms with Crippen LogP contribution < -0.4 is 11.1 Å². The summed E-state index contributed by atoms with van der Waals surface area (Å²) in [6.45, 7) is 7.13. The van der Waals surface area contributed by atoms with Crippen LogP contribution in [0.3, 0.4) is 0 Å². The van der Waals surface area contributed by atoms with Crippen molar-refractivity contribution in [1.29, 1.82) is 0 Å². The van der Waals surface area contributed by atoms with E-state index in [9.17, 15) is 0 Å². The van der Waals surface area contributed by atoms with Gasteiger partial charge in [0.1, 0.15) is 0 Å². The third-order valence-corrected chi connectivity index (χ3v) is 4.39. The van der Waals surface area contributed by atoms with Crippen LogP contribution in [0.1, 0.15) is 46.5 Å². The number of nitrogens with one attached hydrogen (secondary N) is 1. The summed E-state index contributed by atoms with van der Waals surface area (Å²) in [7, 11) is 0. The van der Waals surface area contributed by atoms with E-state index in [-0.39, 0.29) is 5.54 Å². The van der Waals surface area contributed by atoms with Crippen LogP contribution in [0.2, 0.25) is 0 Å². The molecule has 0 aromatic carbocycles. The lowest BCUT2D eigenvalue weighted by Gasteiger charge is -2.26. The molecule has 0 spiro atoms. The molecule has 94 valence electrons. The van der Waals surface area contributed by atoms with Crippen molar-refractivity contribution in [2.24, 2.45) is 10.7 Å². The molecule has 3 N–H and O–H groups in total. The number of hydrogen-bond donors (Lipinski definition) is 2. The van der Waals surface area contributed by atoms with E-state index in [1.54, 1.807) is 0 Å². The second kappa shape index (κ2) is 5.30. The zero-order chi connectivity index (χ0) is 12.2. The minimum absolute atomic E-state index is 0.00419. The molecule has 0 saturated heterocycles. The zero-order valence-corrected chi connectivity index (χ0v) is 11.8. The second-order valence-electron chi connectivity index (χ2n) is 5.67. The maximum atomic E-state index is 5.88. The van der Waals surface area contributed by atoms with Gasteiger partial charge in [-0.3, -0.25) is 4.99 Å². The van der Waals surface area contributed by atoms with Gasteiger partial charge in [0.15, 0.2) is 5.96 Å². The van der Waals surface area contributed by atoms with Gasteiger partial charge in [-0.15, -0.1) is 0 Å². The highest BCUT2D eigenvalue weighted by molar-refractivity contribution is 8.00. The molecule has 3 nitrogen and oxygen atoms in total. The van der Waals surface area contributed by atoms with Crippen LogP contribution in [0.5, 0.6) is 0 Å². The molecule has 16 heavy (non-hydrogen) atoms. The minimum Gasteiger partial charge on any atom is -0.370 e. The van der Waals surface area contributed by atoms with Gasteiger partial charge >= 0.3 is 0 Å². The molecule has 1 fully saturated rings. The van der Waals surface area contributed by atoms with Crippen LogP contribution in [0, 0.1) is 0 Å². The summed E-state index contributed by atoms with van der Waals surface area (Å²) in [5.41, 5.74) is 5.88. The molecule has 0 atom stereocenters. The third kappa shape index (κ3) is 4.24. The lowest BCUT2D eigenvalue weighted by Crippen LogP contribution is -2.45. The summed E-state index contributed by atoms with van der Waals surface area (Å²) in [4.78, 5) is 4.50. The van der Waals surface area contributed by atoms with Crippen LogP contribution in [-0.2, 0) is 0 Å². The number of hydrogen-bond acceptors (Lipinski definition) is 2. The number of aliphatic imine (C=N–C) groups is 1. The second-order valence-corrected chi connectivity index (χ2v) is 6.94. The standard InChI is InChI=1S/C12H25N3S/c1-11(2,3)15-10(13)14-9-12(16-4)7-5-6-8-12/h5-9H2,1-4H3,(H3,13,14,15). The lowest BCUT2D eigenvalue weighted by atomic mass is 10.1. The molecule has 0 unspecified atom stereocenters. The third-order valence-electron chi connectivity index (χ3n) is 2.99. The Labute approximate surface area is 104 Å². The molecule has 1 rings (SSSR count). The van der Waals surface area contributed by atoms with E-state index in [0.29, 0.717) is 10.7 Å². The fraction of sp³-hybridized carbons (Fsp3) is 0.917. The van der Waals surface area contributed by atoms with Crippen molar-refractivity contribution in [3.8, 4) is 0 Å². The van der Waals surface area contributed by atoms with Crippen LogP contribution >= 0.6 is 11.8 Å². The Morgan fingerprint density at radius 1 is 1.38 bits per heavy atom. The minimum atomic E-state index is -0.00419. The SMILES string of the molecule is CSC1(CN=C(N)NC(C)(C)C)CCCC1. The Kier molecular flexibility index (Phi) is 4.53.